The third-order valence-corrected chi connectivity index (χ3v) is 3.77. The fourth-order valence-corrected chi connectivity index (χ4v) is 2.65. The average Bonchev–Trinajstić information content (AvgIpc) is 2.94. The van der Waals surface area contributed by atoms with Crippen molar-refractivity contribution < 1.29 is 4.74 Å². The molecule has 0 bridgehead atoms. The summed E-state index contributed by atoms with van der Waals surface area (Å²) in [7, 11) is 1.67. The lowest BCUT2D eigenvalue weighted by molar-refractivity contribution is 0.414. The Kier molecular flexibility index (Phi) is 3.29. The van der Waals surface area contributed by atoms with Crippen molar-refractivity contribution in [3.8, 4) is 5.75 Å². The molecule has 19 heavy (non-hydrogen) atoms. The van der Waals surface area contributed by atoms with Crippen molar-refractivity contribution in [1.82, 2.24) is 9.97 Å². The van der Waals surface area contributed by atoms with Crippen LogP contribution in [-0.4, -0.2) is 17.1 Å². The summed E-state index contributed by atoms with van der Waals surface area (Å²) in [5, 5.41) is 5.37. The third-order valence-electron chi connectivity index (χ3n) is 2.86. The summed E-state index contributed by atoms with van der Waals surface area (Å²) in [6.07, 6.45) is 1.59. The van der Waals surface area contributed by atoms with Crippen molar-refractivity contribution in [3.63, 3.8) is 0 Å². The predicted octanol–water partition coefficient (Wildman–Crippen LogP) is 3.31. The van der Waals surface area contributed by atoms with E-state index in [0.717, 1.165) is 28.3 Å². The maximum atomic E-state index is 5.14. The molecule has 4 nitrogen and oxygen atoms in total. The van der Waals surface area contributed by atoms with Crippen LogP contribution >= 0.6 is 11.3 Å². The summed E-state index contributed by atoms with van der Waals surface area (Å²) >= 11 is 1.65. The van der Waals surface area contributed by atoms with Crippen molar-refractivity contribution in [2.75, 3.05) is 12.4 Å². The molecule has 2 aromatic heterocycles. The minimum absolute atomic E-state index is 0.730. The van der Waals surface area contributed by atoms with E-state index < -0.39 is 0 Å². The highest BCUT2D eigenvalue weighted by molar-refractivity contribution is 7.17. The van der Waals surface area contributed by atoms with E-state index >= 15 is 0 Å². The Balaban J connectivity index is 1.76. The second-order valence-corrected chi connectivity index (χ2v) is 4.97. The van der Waals surface area contributed by atoms with E-state index in [1.165, 1.54) is 5.56 Å². The lowest BCUT2D eigenvalue weighted by Crippen LogP contribution is -2.01. The number of nitrogens with zero attached hydrogens (tertiary/aromatic N) is 2. The van der Waals surface area contributed by atoms with Gasteiger partial charge in [0.05, 0.1) is 17.3 Å². The molecule has 0 aliphatic carbocycles. The predicted molar refractivity (Wildman–Crippen MR) is 77.7 cm³/mol. The highest BCUT2D eigenvalue weighted by atomic mass is 32.1. The largest absolute Gasteiger partial charge is 0.497 e. The standard InChI is InChI=1S/C14H13N3OS/c1-18-11-4-2-10(3-5-11)8-15-14-13-12(6-7-19-13)16-9-17-14/h2-7,9H,8H2,1H3,(H,15,16,17). The van der Waals surface area contributed by atoms with Crippen LogP contribution < -0.4 is 10.1 Å². The van der Waals surface area contributed by atoms with Gasteiger partial charge in [0.25, 0.3) is 0 Å². The number of aromatic nitrogens is 2. The van der Waals surface area contributed by atoms with Gasteiger partial charge in [0.1, 0.15) is 17.9 Å². The normalized spacial score (nSPS) is 10.6. The number of anilines is 1. The van der Waals surface area contributed by atoms with Gasteiger partial charge in [-0.25, -0.2) is 9.97 Å². The molecule has 0 aliphatic heterocycles. The molecule has 2 heterocycles. The minimum Gasteiger partial charge on any atom is -0.497 e. The van der Waals surface area contributed by atoms with Crippen LogP contribution in [0.15, 0.2) is 42.0 Å². The first-order chi connectivity index (χ1) is 9.36. The van der Waals surface area contributed by atoms with E-state index in [9.17, 15) is 0 Å². The lowest BCUT2D eigenvalue weighted by atomic mass is 10.2. The highest BCUT2D eigenvalue weighted by Crippen LogP contribution is 2.25. The van der Waals surface area contributed by atoms with Gasteiger partial charge in [0.2, 0.25) is 0 Å². The molecule has 0 amide bonds. The van der Waals surface area contributed by atoms with Crippen molar-refractivity contribution in [1.29, 1.82) is 0 Å². The van der Waals surface area contributed by atoms with Gasteiger partial charge in [-0.15, -0.1) is 11.3 Å². The van der Waals surface area contributed by atoms with E-state index in [0.29, 0.717) is 0 Å². The van der Waals surface area contributed by atoms with Gasteiger partial charge in [-0.05, 0) is 29.1 Å². The first-order valence-corrected chi connectivity index (χ1v) is 6.80. The summed E-state index contributed by atoms with van der Waals surface area (Å²) in [4.78, 5) is 8.51. The summed E-state index contributed by atoms with van der Waals surface area (Å²) in [6, 6.07) is 9.99. The van der Waals surface area contributed by atoms with Crippen LogP contribution in [0.5, 0.6) is 5.75 Å². The zero-order valence-electron chi connectivity index (χ0n) is 10.5. The van der Waals surface area contributed by atoms with Gasteiger partial charge in [-0.3, -0.25) is 0 Å². The number of ether oxygens (including phenoxy) is 1. The van der Waals surface area contributed by atoms with Gasteiger partial charge >= 0.3 is 0 Å². The second-order valence-electron chi connectivity index (χ2n) is 4.06. The SMILES string of the molecule is COc1ccc(CNc2ncnc3ccsc23)cc1. The molecule has 5 heteroatoms. The molecule has 0 saturated heterocycles. The Labute approximate surface area is 115 Å². The molecule has 0 unspecified atom stereocenters. The summed E-state index contributed by atoms with van der Waals surface area (Å²) < 4.78 is 6.23. The number of benzene rings is 1. The average molecular weight is 271 g/mol. The Morgan fingerprint density at radius 3 is 2.79 bits per heavy atom. The first kappa shape index (κ1) is 11.9. The Morgan fingerprint density at radius 2 is 2.00 bits per heavy atom. The van der Waals surface area contributed by atoms with E-state index in [4.69, 9.17) is 4.74 Å². The van der Waals surface area contributed by atoms with Crippen molar-refractivity contribution >= 4 is 27.4 Å². The van der Waals surface area contributed by atoms with E-state index in [-0.39, 0.29) is 0 Å². The fraction of sp³-hybridized carbons (Fsp3) is 0.143. The van der Waals surface area contributed by atoms with Gasteiger partial charge in [0, 0.05) is 6.54 Å². The van der Waals surface area contributed by atoms with Gasteiger partial charge in [-0.1, -0.05) is 12.1 Å². The molecular weight excluding hydrogens is 258 g/mol. The highest BCUT2D eigenvalue weighted by Gasteiger charge is 2.04. The van der Waals surface area contributed by atoms with Crippen LogP contribution in [0.4, 0.5) is 5.82 Å². The number of rotatable bonds is 4. The smallest absolute Gasteiger partial charge is 0.147 e. The van der Waals surface area contributed by atoms with Crippen LogP contribution in [0, 0.1) is 0 Å². The zero-order valence-corrected chi connectivity index (χ0v) is 11.3. The molecule has 1 N–H and O–H groups in total. The molecule has 3 rings (SSSR count). The molecule has 0 atom stereocenters. The van der Waals surface area contributed by atoms with Crippen molar-refractivity contribution in [2.24, 2.45) is 0 Å². The fourth-order valence-electron chi connectivity index (χ4n) is 1.84. The Hall–Kier alpha value is -2.14. The van der Waals surface area contributed by atoms with Gasteiger partial charge < -0.3 is 10.1 Å². The maximum Gasteiger partial charge on any atom is 0.147 e. The monoisotopic (exact) mass is 271 g/mol. The molecule has 0 spiro atoms. The zero-order chi connectivity index (χ0) is 13.1. The Bertz CT molecular complexity index is 678. The molecule has 0 aliphatic rings. The van der Waals surface area contributed by atoms with Crippen LogP contribution in [0.3, 0.4) is 0 Å². The molecular formula is C14H13N3OS. The molecule has 3 aromatic rings. The molecule has 0 saturated carbocycles. The molecule has 1 aromatic carbocycles. The topological polar surface area (TPSA) is 47.0 Å². The number of nitrogens with one attached hydrogen (secondary N) is 1. The molecule has 96 valence electrons. The van der Waals surface area contributed by atoms with Crippen LogP contribution in [0.2, 0.25) is 0 Å². The van der Waals surface area contributed by atoms with Crippen LogP contribution in [-0.2, 0) is 6.54 Å². The lowest BCUT2D eigenvalue weighted by Gasteiger charge is -2.07. The molecule has 0 fully saturated rings. The van der Waals surface area contributed by atoms with E-state index in [1.807, 2.05) is 35.7 Å². The van der Waals surface area contributed by atoms with Crippen molar-refractivity contribution in [2.45, 2.75) is 6.54 Å². The number of hydrogen-bond acceptors (Lipinski definition) is 5. The number of thiophene rings is 1. The van der Waals surface area contributed by atoms with Crippen molar-refractivity contribution in [3.05, 3.63) is 47.6 Å². The first-order valence-electron chi connectivity index (χ1n) is 5.92. The summed E-state index contributed by atoms with van der Waals surface area (Å²) in [6.45, 7) is 0.730. The summed E-state index contributed by atoms with van der Waals surface area (Å²) in [5.41, 5.74) is 2.17. The molecule has 0 radical (unpaired) electrons. The van der Waals surface area contributed by atoms with E-state index in [1.54, 1.807) is 24.8 Å². The van der Waals surface area contributed by atoms with E-state index in [2.05, 4.69) is 15.3 Å². The minimum atomic E-state index is 0.730. The van der Waals surface area contributed by atoms with Crippen LogP contribution in [0.25, 0.3) is 10.2 Å². The maximum absolute atomic E-state index is 5.14. The number of methoxy groups -OCH3 is 1. The van der Waals surface area contributed by atoms with Gasteiger partial charge in [0.15, 0.2) is 0 Å². The number of fused-ring (bicyclic) bond motifs is 1. The summed E-state index contributed by atoms with van der Waals surface area (Å²) in [5.74, 6) is 1.75. The third kappa shape index (κ3) is 2.51. The quantitative estimate of drug-likeness (QED) is 0.790. The van der Waals surface area contributed by atoms with Crippen LogP contribution in [0.1, 0.15) is 5.56 Å². The van der Waals surface area contributed by atoms with Gasteiger partial charge in [-0.2, -0.15) is 0 Å². The number of hydrogen-bond donors (Lipinski definition) is 1. The second kappa shape index (κ2) is 5.24. The Morgan fingerprint density at radius 1 is 1.16 bits per heavy atom.